The van der Waals surface area contributed by atoms with E-state index in [1.807, 2.05) is 25.1 Å². The number of hydrogen-bond donors (Lipinski definition) is 2. The summed E-state index contributed by atoms with van der Waals surface area (Å²) >= 11 is 0. The van der Waals surface area contributed by atoms with Crippen molar-refractivity contribution < 1.29 is 9.90 Å². The molecule has 0 heterocycles. The van der Waals surface area contributed by atoms with E-state index in [-0.39, 0.29) is 12.5 Å². The Morgan fingerprint density at radius 3 is 2.81 bits per heavy atom. The zero-order valence-corrected chi connectivity index (χ0v) is 12.8. The first kappa shape index (κ1) is 15.6. The molecule has 21 heavy (non-hydrogen) atoms. The van der Waals surface area contributed by atoms with Gasteiger partial charge in [-0.25, -0.2) is 0 Å². The van der Waals surface area contributed by atoms with E-state index in [2.05, 4.69) is 24.1 Å². The average Bonchev–Trinajstić information content (AvgIpc) is 3.27. The summed E-state index contributed by atoms with van der Waals surface area (Å²) in [4.78, 5) is 12.3. The van der Waals surface area contributed by atoms with Gasteiger partial charge in [-0.1, -0.05) is 24.8 Å². The minimum absolute atomic E-state index is 0.0157. The Morgan fingerprint density at radius 2 is 2.19 bits per heavy atom. The fourth-order valence-corrected chi connectivity index (χ4v) is 2.36. The zero-order valence-electron chi connectivity index (χ0n) is 12.8. The normalized spacial score (nSPS) is 15.0. The highest BCUT2D eigenvalue weighted by Gasteiger charge is 2.40. The molecule has 0 aromatic heterocycles. The lowest BCUT2D eigenvalue weighted by molar-refractivity contribution is 0.0943. The summed E-state index contributed by atoms with van der Waals surface area (Å²) in [5.74, 6) is 5.84. The van der Waals surface area contributed by atoms with Crippen LogP contribution in [0.4, 0.5) is 0 Å². The van der Waals surface area contributed by atoms with Crippen LogP contribution < -0.4 is 5.32 Å². The summed E-state index contributed by atoms with van der Waals surface area (Å²) in [7, 11) is 0. The number of aryl methyl sites for hydroxylation is 1. The van der Waals surface area contributed by atoms with Gasteiger partial charge in [0.2, 0.25) is 0 Å². The Hall–Kier alpha value is -1.79. The Morgan fingerprint density at radius 1 is 1.43 bits per heavy atom. The Bertz CT molecular complexity index is 577. The van der Waals surface area contributed by atoms with E-state index in [4.69, 9.17) is 5.11 Å². The monoisotopic (exact) mass is 285 g/mol. The van der Waals surface area contributed by atoms with Gasteiger partial charge in [0.15, 0.2) is 0 Å². The molecule has 0 radical (unpaired) electrons. The lowest BCUT2D eigenvalue weighted by atomic mass is 10.0. The van der Waals surface area contributed by atoms with Crippen molar-refractivity contribution in [1.82, 2.24) is 5.32 Å². The third kappa shape index (κ3) is 4.09. The van der Waals surface area contributed by atoms with Crippen LogP contribution in [0.15, 0.2) is 18.2 Å². The second-order valence-electron chi connectivity index (χ2n) is 5.84. The van der Waals surface area contributed by atoms with Gasteiger partial charge < -0.3 is 10.4 Å². The van der Waals surface area contributed by atoms with E-state index in [1.165, 1.54) is 12.8 Å². The van der Waals surface area contributed by atoms with Gasteiger partial charge >= 0.3 is 0 Å². The van der Waals surface area contributed by atoms with Crippen molar-refractivity contribution in [2.75, 3.05) is 13.2 Å². The summed E-state index contributed by atoms with van der Waals surface area (Å²) < 4.78 is 0. The molecule has 1 aromatic rings. The molecular formula is C18H23NO2. The van der Waals surface area contributed by atoms with Crippen LogP contribution in [0, 0.1) is 24.2 Å². The molecule has 0 saturated heterocycles. The molecule has 3 heteroatoms. The van der Waals surface area contributed by atoms with Crippen LogP contribution in [0.25, 0.3) is 0 Å². The highest BCUT2D eigenvalue weighted by Crippen LogP contribution is 2.47. The molecule has 112 valence electrons. The molecular weight excluding hydrogens is 262 g/mol. The van der Waals surface area contributed by atoms with Crippen molar-refractivity contribution >= 4 is 5.91 Å². The molecule has 0 spiro atoms. The number of carbonyl (C=O) groups is 1. The van der Waals surface area contributed by atoms with Gasteiger partial charge in [0.05, 0.1) is 6.61 Å². The maximum Gasteiger partial charge on any atom is 0.251 e. The SMILES string of the molecule is CCC1(CNC(=O)c2cc(C#CCCO)ccc2C)CC1. The Balaban J connectivity index is 2.05. The summed E-state index contributed by atoms with van der Waals surface area (Å²) in [6.45, 7) is 4.95. The Kier molecular flexibility index (Phi) is 5.03. The quantitative estimate of drug-likeness (QED) is 0.817. The molecule has 1 amide bonds. The molecule has 3 nitrogen and oxygen atoms in total. The number of aliphatic hydroxyl groups excluding tert-OH is 1. The van der Waals surface area contributed by atoms with Crippen LogP contribution in [0.1, 0.15) is 54.1 Å². The lowest BCUT2D eigenvalue weighted by Gasteiger charge is -2.14. The first-order valence-corrected chi connectivity index (χ1v) is 7.59. The highest BCUT2D eigenvalue weighted by atomic mass is 16.2. The third-order valence-electron chi connectivity index (χ3n) is 4.28. The number of nitrogens with one attached hydrogen (secondary N) is 1. The minimum atomic E-state index is -0.0157. The first-order chi connectivity index (χ1) is 10.1. The second kappa shape index (κ2) is 6.78. The molecule has 1 aliphatic rings. The van der Waals surface area contributed by atoms with Crippen LogP contribution in [0.5, 0.6) is 0 Å². The first-order valence-electron chi connectivity index (χ1n) is 7.59. The number of benzene rings is 1. The summed E-state index contributed by atoms with van der Waals surface area (Å²) in [5, 5.41) is 11.8. The predicted octanol–water partition coefficient (Wildman–Crippen LogP) is 2.65. The van der Waals surface area contributed by atoms with Gasteiger partial charge in [-0.2, -0.15) is 0 Å². The van der Waals surface area contributed by atoms with Gasteiger partial charge in [0.25, 0.3) is 5.91 Å². The van der Waals surface area contributed by atoms with Gasteiger partial charge in [0.1, 0.15) is 0 Å². The topological polar surface area (TPSA) is 49.3 Å². The van der Waals surface area contributed by atoms with Gasteiger partial charge in [-0.15, -0.1) is 0 Å². The van der Waals surface area contributed by atoms with Crippen molar-refractivity contribution in [1.29, 1.82) is 0 Å². The molecule has 0 atom stereocenters. The van der Waals surface area contributed by atoms with Crippen LogP contribution in [0.2, 0.25) is 0 Å². The molecule has 1 aliphatic carbocycles. The molecule has 1 saturated carbocycles. The molecule has 0 aliphatic heterocycles. The number of hydrogen-bond acceptors (Lipinski definition) is 2. The molecule has 0 unspecified atom stereocenters. The summed E-state index contributed by atoms with van der Waals surface area (Å²) in [5.41, 5.74) is 2.82. The fraction of sp³-hybridized carbons (Fsp3) is 0.500. The van der Waals surface area contributed by atoms with Gasteiger partial charge in [0, 0.05) is 24.1 Å². The number of aliphatic hydroxyl groups is 1. The maximum absolute atomic E-state index is 12.3. The Labute approximate surface area is 126 Å². The largest absolute Gasteiger partial charge is 0.395 e. The van der Waals surface area contributed by atoms with Crippen LogP contribution in [-0.4, -0.2) is 24.2 Å². The smallest absolute Gasteiger partial charge is 0.251 e. The van der Waals surface area contributed by atoms with E-state index in [9.17, 15) is 4.79 Å². The van der Waals surface area contributed by atoms with E-state index in [1.54, 1.807) is 0 Å². The average molecular weight is 285 g/mol. The van der Waals surface area contributed by atoms with Crippen molar-refractivity contribution in [3.05, 3.63) is 34.9 Å². The molecule has 1 fully saturated rings. The van der Waals surface area contributed by atoms with Gasteiger partial charge in [-0.3, -0.25) is 4.79 Å². The lowest BCUT2D eigenvalue weighted by Crippen LogP contribution is -2.30. The summed E-state index contributed by atoms with van der Waals surface area (Å²) in [6, 6.07) is 5.66. The van der Waals surface area contributed by atoms with E-state index in [0.29, 0.717) is 17.4 Å². The second-order valence-corrected chi connectivity index (χ2v) is 5.84. The number of carbonyl (C=O) groups excluding carboxylic acids is 1. The molecule has 0 bridgehead atoms. The third-order valence-corrected chi connectivity index (χ3v) is 4.28. The maximum atomic E-state index is 12.3. The zero-order chi connectivity index (χ0) is 15.3. The standard InChI is InChI=1S/C18H23NO2/c1-3-18(9-10-18)13-19-17(21)16-12-15(6-4-5-11-20)8-7-14(16)2/h7-8,12,20H,3,5,9-11,13H2,1-2H3,(H,19,21). The molecule has 2 rings (SSSR count). The minimum Gasteiger partial charge on any atom is -0.395 e. The van der Waals surface area contributed by atoms with Crippen LogP contribution in [-0.2, 0) is 0 Å². The fourth-order valence-electron chi connectivity index (χ4n) is 2.36. The van der Waals surface area contributed by atoms with Crippen molar-refractivity contribution in [3.8, 4) is 11.8 Å². The van der Waals surface area contributed by atoms with Gasteiger partial charge in [-0.05, 0) is 49.3 Å². The van der Waals surface area contributed by atoms with E-state index in [0.717, 1.165) is 24.1 Å². The molecule has 1 aromatic carbocycles. The number of amides is 1. The van der Waals surface area contributed by atoms with Crippen molar-refractivity contribution in [2.24, 2.45) is 5.41 Å². The van der Waals surface area contributed by atoms with E-state index >= 15 is 0 Å². The van der Waals surface area contributed by atoms with Crippen molar-refractivity contribution in [3.63, 3.8) is 0 Å². The number of rotatable bonds is 5. The highest BCUT2D eigenvalue weighted by molar-refractivity contribution is 5.96. The predicted molar refractivity (Wildman–Crippen MR) is 84.1 cm³/mol. The van der Waals surface area contributed by atoms with Crippen molar-refractivity contribution in [2.45, 2.75) is 39.5 Å². The molecule has 2 N–H and O–H groups in total. The van der Waals surface area contributed by atoms with Crippen LogP contribution >= 0.6 is 0 Å². The van der Waals surface area contributed by atoms with E-state index < -0.39 is 0 Å². The van der Waals surface area contributed by atoms with Crippen LogP contribution in [0.3, 0.4) is 0 Å². The summed E-state index contributed by atoms with van der Waals surface area (Å²) in [6.07, 6.45) is 4.01.